The molecule has 1 aromatic carbocycles. The normalized spacial score (nSPS) is 14.9. The van der Waals surface area contributed by atoms with E-state index in [0.717, 1.165) is 24.8 Å². The van der Waals surface area contributed by atoms with Crippen molar-refractivity contribution in [2.45, 2.75) is 39.2 Å². The summed E-state index contributed by atoms with van der Waals surface area (Å²) in [6, 6.07) is 5.61. The molecular formula is C19H28N2O4. The van der Waals surface area contributed by atoms with Gasteiger partial charge in [-0.3, -0.25) is 9.59 Å². The molecule has 1 saturated heterocycles. The summed E-state index contributed by atoms with van der Waals surface area (Å²) < 4.78 is 10.5. The minimum atomic E-state index is -0.0224. The van der Waals surface area contributed by atoms with E-state index in [1.54, 1.807) is 14.2 Å². The summed E-state index contributed by atoms with van der Waals surface area (Å²) >= 11 is 0. The van der Waals surface area contributed by atoms with Crippen molar-refractivity contribution in [3.63, 3.8) is 0 Å². The Morgan fingerprint density at radius 1 is 1.16 bits per heavy atom. The molecule has 0 unspecified atom stereocenters. The third-order valence-corrected chi connectivity index (χ3v) is 4.60. The van der Waals surface area contributed by atoms with E-state index in [4.69, 9.17) is 9.47 Å². The van der Waals surface area contributed by atoms with E-state index in [0.29, 0.717) is 37.6 Å². The van der Waals surface area contributed by atoms with Crippen LogP contribution in [-0.2, 0) is 16.1 Å². The molecule has 2 amide bonds. The van der Waals surface area contributed by atoms with Crippen LogP contribution in [0.5, 0.6) is 11.5 Å². The molecule has 0 bridgehead atoms. The van der Waals surface area contributed by atoms with Gasteiger partial charge in [0.25, 0.3) is 0 Å². The fourth-order valence-corrected chi connectivity index (χ4v) is 3.09. The lowest BCUT2D eigenvalue weighted by atomic mass is 9.95. The summed E-state index contributed by atoms with van der Waals surface area (Å²) in [5.74, 6) is 1.55. The molecule has 1 aliphatic rings. The number of carbonyl (C=O) groups excluding carboxylic acids is 2. The molecule has 0 aromatic heterocycles. The minimum Gasteiger partial charge on any atom is -0.493 e. The number of likely N-dealkylation sites (tertiary alicyclic amines) is 1. The van der Waals surface area contributed by atoms with Crippen LogP contribution in [0.2, 0.25) is 0 Å². The van der Waals surface area contributed by atoms with E-state index < -0.39 is 0 Å². The zero-order chi connectivity index (χ0) is 18.2. The van der Waals surface area contributed by atoms with E-state index in [9.17, 15) is 9.59 Å². The van der Waals surface area contributed by atoms with Crippen molar-refractivity contribution in [3.8, 4) is 11.5 Å². The summed E-state index contributed by atoms with van der Waals surface area (Å²) in [7, 11) is 3.19. The molecule has 2 rings (SSSR count). The molecule has 1 aromatic rings. The SMILES string of the molecule is CCCC(=O)N1CCC(C(=O)NCc2ccc(OC)c(OC)c2)CC1. The summed E-state index contributed by atoms with van der Waals surface area (Å²) in [6.07, 6.45) is 2.92. The Morgan fingerprint density at radius 3 is 2.44 bits per heavy atom. The number of piperidine rings is 1. The Hall–Kier alpha value is -2.24. The highest BCUT2D eigenvalue weighted by Crippen LogP contribution is 2.27. The predicted molar refractivity (Wildman–Crippen MR) is 95.6 cm³/mol. The molecule has 138 valence electrons. The lowest BCUT2D eigenvalue weighted by Gasteiger charge is -2.31. The molecule has 1 heterocycles. The Balaban J connectivity index is 1.82. The summed E-state index contributed by atoms with van der Waals surface area (Å²) in [5.41, 5.74) is 0.960. The quantitative estimate of drug-likeness (QED) is 0.821. The molecule has 25 heavy (non-hydrogen) atoms. The summed E-state index contributed by atoms with van der Waals surface area (Å²) in [4.78, 5) is 26.2. The maximum absolute atomic E-state index is 12.4. The van der Waals surface area contributed by atoms with Gasteiger partial charge in [0.2, 0.25) is 11.8 Å². The highest BCUT2D eigenvalue weighted by Gasteiger charge is 2.26. The Labute approximate surface area is 149 Å². The van der Waals surface area contributed by atoms with Crippen molar-refractivity contribution in [3.05, 3.63) is 23.8 Å². The monoisotopic (exact) mass is 348 g/mol. The van der Waals surface area contributed by atoms with Crippen LogP contribution in [0.1, 0.15) is 38.2 Å². The van der Waals surface area contributed by atoms with Crippen molar-refractivity contribution in [2.24, 2.45) is 5.92 Å². The Morgan fingerprint density at radius 2 is 1.84 bits per heavy atom. The first kappa shape index (κ1) is 19.1. The van der Waals surface area contributed by atoms with E-state index in [2.05, 4.69) is 5.32 Å². The average Bonchev–Trinajstić information content (AvgIpc) is 2.66. The van der Waals surface area contributed by atoms with Crippen LogP contribution in [-0.4, -0.2) is 44.0 Å². The van der Waals surface area contributed by atoms with Gasteiger partial charge in [0.05, 0.1) is 14.2 Å². The first-order valence-corrected chi connectivity index (χ1v) is 8.85. The van der Waals surface area contributed by atoms with E-state index in [1.165, 1.54) is 0 Å². The fourth-order valence-electron chi connectivity index (χ4n) is 3.09. The molecule has 0 aliphatic carbocycles. The highest BCUT2D eigenvalue weighted by atomic mass is 16.5. The first-order valence-electron chi connectivity index (χ1n) is 8.85. The number of amides is 2. The number of rotatable bonds is 7. The van der Waals surface area contributed by atoms with Gasteiger partial charge in [0, 0.05) is 32.0 Å². The largest absolute Gasteiger partial charge is 0.493 e. The van der Waals surface area contributed by atoms with Gasteiger partial charge in [-0.25, -0.2) is 0 Å². The summed E-state index contributed by atoms with van der Waals surface area (Å²) in [6.45, 7) is 3.81. The van der Waals surface area contributed by atoms with E-state index >= 15 is 0 Å². The minimum absolute atomic E-state index is 0.0224. The first-order chi connectivity index (χ1) is 12.1. The number of hydrogen-bond donors (Lipinski definition) is 1. The van der Waals surface area contributed by atoms with Crippen LogP contribution in [0.4, 0.5) is 0 Å². The van der Waals surface area contributed by atoms with Gasteiger partial charge in [0.15, 0.2) is 11.5 Å². The van der Waals surface area contributed by atoms with E-state index in [1.807, 2.05) is 30.0 Å². The summed E-state index contributed by atoms with van der Waals surface area (Å²) in [5, 5.41) is 2.99. The topological polar surface area (TPSA) is 67.9 Å². The van der Waals surface area contributed by atoms with Crippen LogP contribution in [0.25, 0.3) is 0 Å². The van der Waals surface area contributed by atoms with Gasteiger partial charge in [-0.05, 0) is 37.0 Å². The number of ether oxygens (including phenoxy) is 2. The maximum atomic E-state index is 12.4. The molecule has 1 fully saturated rings. The zero-order valence-corrected chi connectivity index (χ0v) is 15.3. The van der Waals surface area contributed by atoms with Gasteiger partial charge in [-0.15, -0.1) is 0 Å². The van der Waals surface area contributed by atoms with Crippen molar-refractivity contribution in [1.82, 2.24) is 10.2 Å². The standard InChI is InChI=1S/C19H28N2O4/c1-4-5-18(22)21-10-8-15(9-11-21)19(23)20-13-14-6-7-16(24-2)17(12-14)25-3/h6-7,12,15H,4-5,8-11,13H2,1-3H3,(H,20,23). The second-order valence-electron chi connectivity index (χ2n) is 6.31. The van der Waals surface area contributed by atoms with Crippen molar-refractivity contribution in [1.29, 1.82) is 0 Å². The molecule has 1 N–H and O–H groups in total. The van der Waals surface area contributed by atoms with Gasteiger partial charge in [-0.1, -0.05) is 13.0 Å². The van der Waals surface area contributed by atoms with Crippen molar-refractivity contribution >= 4 is 11.8 Å². The molecule has 0 saturated carbocycles. The van der Waals surface area contributed by atoms with Crippen LogP contribution < -0.4 is 14.8 Å². The van der Waals surface area contributed by atoms with Gasteiger partial charge in [-0.2, -0.15) is 0 Å². The average molecular weight is 348 g/mol. The highest BCUT2D eigenvalue weighted by molar-refractivity contribution is 5.80. The smallest absolute Gasteiger partial charge is 0.223 e. The lowest BCUT2D eigenvalue weighted by Crippen LogP contribution is -2.42. The fraction of sp³-hybridized carbons (Fsp3) is 0.579. The third kappa shape index (κ3) is 5.11. The molecular weight excluding hydrogens is 320 g/mol. The number of methoxy groups -OCH3 is 2. The van der Waals surface area contributed by atoms with Crippen LogP contribution in [0, 0.1) is 5.92 Å². The van der Waals surface area contributed by atoms with Crippen molar-refractivity contribution in [2.75, 3.05) is 27.3 Å². The maximum Gasteiger partial charge on any atom is 0.223 e. The predicted octanol–water partition coefficient (Wildman–Crippen LogP) is 2.36. The van der Waals surface area contributed by atoms with Crippen LogP contribution in [0.3, 0.4) is 0 Å². The molecule has 1 aliphatic heterocycles. The second kappa shape index (κ2) is 9.30. The van der Waals surface area contributed by atoms with Crippen LogP contribution in [0.15, 0.2) is 18.2 Å². The van der Waals surface area contributed by atoms with Crippen LogP contribution >= 0.6 is 0 Å². The molecule has 0 atom stereocenters. The number of hydrogen-bond acceptors (Lipinski definition) is 4. The Kier molecular flexibility index (Phi) is 7.10. The Bertz CT molecular complexity index is 595. The lowest BCUT2D eigenvalue weighted by molar-refractivity contribution is -0.135. The number of nitrogens with one attached hydrogen (secondary N) is 1. The van der Waals surface area contributed by atoms with Crippen molar-refractivity contribution < 1.29 is 19.1 Å². The molecule has 0 spiro atoms. The number of nitrogens with zero attached hydrogens (tertiary/aromatic N) is 1. The number of carbonyl (C=O) groups is 2. The van der Waals surface area contributed by atoms with E-state index in [-0.39, 0.29) is 17.7 Å². The van der Waals surface area contributed by atoms with Gasteiger partial charge in [0.1, 0.15) is 0 Å². The number of benzene rings is 1. The molecule has 6 nitrogen and oxygen atoms in total. The van der Waals surface area contributed by atoms with Gasteiger partial charge >= 0.3 is 0 Å². The third-order valence-electron chi connectivity index (χ3n) is 4.60. The molecule has 6 heteroatoms. The zero-order valence-electron chi connectivity index (χ0n) is 15.3. The van der Waals surface area contributed by atoms with Gasteiger partial charge < -0.3 is 19.7 Å². The second-order valence-corrected chi connectivity index (χ2v) is 6.31. The molecule has 0 radical (unpaired) electrons.